The van der Waals surface area contributed by atoms with Crippen molar-refractivity contribution >= 4 is 47.0 Å². The van der Waals surface area contributed by atoms with Crippen molar-refractivity contribution < 1.29 is 9.47 Å². The van der Waals surface area contributed by atoms with Gasteiger partial charge in [0.25, 0.3) is 0 Å². The van der Waals surface area contributed by atoms with Crippen LogP contribution in [0.2, 0.25) is 0 Å². The Morgan fingerprint density at radius 1 is 1.25 bits per heavy atom. The summed E-state index contributed by atoms with van der Waals surface area (Å²) in [6.45, 7) is 9.90. The Morgan fingerprint density at radius 3 is 2.56 bits per heavy atom. The minimum Gasteiger partial charge on any atom is -0.497 e. The van der Waals surface area contributed by atoms with Crippen molar-refractivity contribution in [3.05, 3.63) is 34.3 Å². The smallest absolute Gasteiger partial charge is 0.191 e. The fraction of sp³-hybridized carbons (Fsp3) is 0.565. The molecule has 1 atom stereocenters. The standard InChI is InChI=1S/C23H35N5O2S.HI/c1-6-24-23(25-9-7-18-15-31-22(26-18)16(2)3)27-17-8-10-28(14-17)19-11-20(29-4)13-21(12-19)30-5;/h11-13,15-17H,6-10,14H2,1-5H3,(H2,24,25,27);1H. The van der Waals surface area contributed by atoms with Crippen LogP contribution < -0.4 is 25.0 Å². The van der Waals surface area contributed by atoms with Crippen LogP contribution in [0.5, 0.6) is 11.5 Å². The van der Waals surface area contributed by atoms with Crippen molar-refractivity contribution in [2.24, 2.45) is 4.99 Å². The van der Waals surface area contributed by atoms with Crippen molar-refractivity contribution in [1.82, 2.24) is 15.6 Å². The van der Waals surface area contributed by atoms with E-state index in [2.05, 4.69) is 53.8 Å². The molecule has 1 aromatic carbocycles. The van der Waals surface area contributed by atoms with E-state index in [-0.39, 0.29) is 24.0 Å². The van der Waals surface area contributed by atoms with Crippen molar-refractivity contribution in [2.75, 3.05) is 45.3 Å². The summed E-state index contributed by atoms with van der Waals surface area (Å²) in [5.41, 5.74) is 2.25. The molecule has 0 amide bonds. The SMILES string of the molecule is CCNC(=NCCc1csc(C(C)C)n1)NC1CCN(c2cc(OC)cc(OC)c2)C1.I. The number of anilines is 1. The Morgan fingerprint density at radius 2 is 1.97 bits per heavy atom. The minimum atomic E-state index is 0. The lowest BCUT2D eigenvalue weighted by Crippen LogP contribution is -2.44. The number of nitrogens with zero attached hydrogens (tertiary/aromatic N) is 3. The van der Waals surface area contributed by atoms with Gasteiger partial charge in [-0.3, -0.25) is 4.99 Å². The maximum absolute atomic E-state index is 5.42. The molecule has 3 rings (SSSR count). The molecule has 32 heavy (non-hydrogen) atoms. The zero-order valence-electron chi connectivity index (χ0n) is 19.7. The lowest BCUT2D eigenvalue weighted by molar-refractivity contribution is 0.394. The summed E-state index contributed by atoms with van der Waals surface area (Å²) in [7, 11) is 3.36. The lowest BCUT2D eigenvalue weighted by atomic mass is 10.2. The molecule has 0 aliphatic carbocycles. The Bertz CT molecular complexity index is 852. The molecule has 1 aliphatic rings. The average molecular weight is 574 g/mol. The molecule has 2 heterocycles. The summed E-state index contributed by atoms with van der Waals surface area (Å²) in [5.74, 6) is 2.97. The van der Waals surface area contributed by atoms with Gasteiger partial charge in [-0.1, -0.05) is 13.8 Å². The van der Waals surface area contributed by atoms with Gasteiger partial charge in [-0.05, 0) is 13.3 Å². The van der Waals surface area contributed by atoms with Crippen LogP contribution in [-0.4, -0.2) is 57.4 Å². The van der Waals surface area contributed by atoms with Gasteiger partial charge in [-0.25, -0.2) is 4.98 Å². The predicted molar refractivity (Wildman–Crippen MR) is 145 cm³/mol. The molecule has 0 bridgehead atoms. The molecule has 1 fully saturated rings. The number of aromatic nitrogens is 1. The van der Waals surface area contributed by atoms with E-state index in [1.165, 1.54) is 5.01 Å². The lowest BCUT2D eigenvalue weighted by Gasteiger charge is -2.21. The molecule has 1 aliphatic heterocycles. The Balaban J connectivity index is 0.00000363. The largest absolute Gasteiger partial charge is 0.497 e. The summed E-state index contributed by atoms with van der Waals surface area (Å²) in [6, 6.07) is 6.35. The van der Waals surface area contributed by atoms with E-state index in [4.69, 9.17) is 19.5 Å². The Kier molecular flexibility index (Phi) is 10.8. The highest BCUT2D eigenvalue weighted by molar-refractivity contribution is 14.0. The highest BCUT2D eigenvalue weighted by Crippen LogP contribution is 2.30. The summed E-state index contributed by atoms with van der Waals surface area (Å²) in [6.07, 6.45) is 1.91. The number of hydrogen-bond donors (Lipinski definition) is 2. The molecule has 1 aromatic heterocycles. The molecule has 7 nitrogen and oxygen atoms in total. The molecule has 178 valence electrons. The van der Waals surface area contributed by atoms with Crippen molar-refractivity contribution in [2.45, 2.75) is 45.6 Å². The van der Waals surface area contributed by atoms with Crippen LogP contribution in [0.3, 0.4) is 0 Å². The third kappa shape index (κ3) is 7.40. The maximum Gasteiger partial charge on any atom is 0.191 e. The van der Waals surface area contributed by atoms with Gasteiger partial charge in [0.2, 0.25) is 0 Å². The van der Waals surface area contributed by atoms with E-state index in [0.29, 0.717) is 12.0 Å². The number of aliphatic imine (C=N–C) groups is 1. The van der Waals surface area contributed by atoms with E-state index >= 15 is 0 Å². The van der Waals surface area contributed by atoms with Crippen LogP contribution in [-0.2, 0) is 6.42 Å². The predicted octanol–water partition coefficient (Wildman–Crippen LogP) is 4.28. The van der Waals surface area contributed by atoms with Gasteiger partial charge in [-0.2, -0.15) is 0 Å². The molecular formula is C23H36IN5O2S. The van der Waals surface area contributed by atoms with Crippen molar-refractivity contribution in [1.29, 1.82) is 0 Å². The van der Waals surface area contributed by atoms with Gasteiger partial charge in [0.05, 0.1) is 24.9 Å². The Hall–Kier alpha value is -1.75. The number of hydrogen-bond acceptors (Lipinski definition) is 6. The number of thiazole rings is 1. The summed E-state index contributed by atoms with van der Waals surface area (Å²) >= 11 is 1.74. The first-order valence-electron chi connectivity index (χ1n) is 11.0. The first kappa shape index (κ1) is 26.5. The van der Waals surface area contributed by atoms with Crippen LogP contribution in [0, 0.1) is 0 Å². The number of halogens is 1. The van der Waals surface area contributed by atoms with Crippen LogP contribution in [0.1, 0.15) is 43.8 Å². The summed E-state index contributed by atoms with van der Waals surface area (Å²) < 4.78 is 10.8. The second-order valence-electron chi connectivity index (χ2n) is 7.99. The number of ether oxygens (including phenoxy) is 2. The van der Waals surface area contributed by atoms with Gasteiger partial charge in [0.1, 0.15) is 11.5 Å². The summed E-state index contributed by atoms with van der Waals surface area (Å²) in [4.78, 5) is 11.8. The number of rotatable bonds is 9. The highest BCUT2D eigenvalue weighted by Gasteiger charge is 2.24. The fourth-order valence-electron chi connectivity index (χ4n) is 3.59. The van der Waals surface area contributed by atoms with E-state index in [1.54, 1.807) is 25.6 Å². The van der Waals surface area contributed by atoms with Crippen molar-refractivity contribution in [3.63, 3.8) is 0 Å². The molecular weight excluding hydrogens is 537 g/mol. The number of benzene rings is 1. The fourth-order valence-corrected chi connectivity index (χ4v) is 4.46. The first-order valence-corrected chi connectivity index (χ1v) is 11.9. The number of guanidine groups is 1. The maximum atomic E-state index is 5.42. The van der Waals surface area contributed by atoms with E-state index in [1.807, 2.05) is 6.07 Å². The monoisotopic (exact) mass is 573 g/mol. The summed E-state index contributed by atoms with van der Waals surface area (Å²) in [5, 5.41) is 10.3. The van der Waals surface area contributed by atoms with Crippen LogP contribution >= 0.6 is 35.3 Å². The molecule has 0 spiro atoms. The first-order chi connectivity index (χ1) is 15.0. The number of methoxy groups -OCH3 is 2. The van der Waals surface area contributed by atoms with Gasteiger partial charge in [0, 0.05) is 73.8 Å². The van der Waals surface area contributed by atoms with E-state index < -0.39 is 0 Å². The third-order valence-corrected chi connectivity index (χ3v) is 6.47. The molecule has 0 saturated carbocycles. The van der Waals surface area contributed by atoms with Crippen LogP contribution in [0.4, 0.5) is 5.69 Å². The molecule has 0 radical (unpaired) electrons. The van der Waals surface area contributed by atoms with E-state index in [0.717, 1.165) is 67.9 Å². The van der Waals surface area contributed by atoms with Gasteiger partial charge < -0.3 is 25.0 Å². The molecule has 2 N–H and O–H groups in total. The number of nitrogens with one attached hydrogen (secondary N) is 2. The van der Waals surface area contributed by atoms with Gasteiger partial charge >= 0.3 is 0 Å². The van der Waals surface area contributed by atoms with E-state index in [9.17, 15) is 0 Å². The molecule has 2 aromatic rings. The van der Waals surface area contributed by atoms with Gasteiger partial charge in [-0.15, -0.1) is 35.3 Å². The topological polar surface area (TPSA) is 71.0 Å². The zero-order valence-corrected chi connectivity index (χ0v) is 22.8. The van der Waals surface area contributed by atoms with Crippen LogP contribution in [0.25, 0.3) is 0 Å². The zero-order chi connectivity index (χ0) is 22.2. The highest BCUT2D eigenvalue weighted by atomic mass is 127. The quantitative estimate of drug-likeness (QED) is 0.265. The minimum absolute atomic E-state index is 0. The van der Waals surface area contributed by atoms with Gasteiger partial charge in [0.15, 0.2) is 5.96 Å². The normalized spacial score (nSPS) is 16.1. The average Bonchev–Trinajstić information content (AvgIpc) is 3.43. The van der Waals surface area contributed by atoms with Crippen LogP contribution in [0.15, 0.2) is 28.6 Å². The second kappa shape index (κ2) is 13.1. The second-order valence-corrected chi connectivity index (χ2v) is 8.88. The molecule has 9 heteroatoms. The molecule has 1 unspecified atom stereocenters. The third-order valence-electron chi connectivity index (χ3n) is 5.28. The molecule has 1 saturated heterocycles. The van der Waals surface area contributed by atoms with Crippen molar-refractivity contribution in [3.8, 4) is 11.5 Å². The Labute approximate surface area is 213 Å².